The second-order valence-corrected chi connectivity index (χ2v) is 7.93. The van der Waals surface area contributed by atoms with Gasteiger partial charge in [0, 0.05) is 34.6 Å². The summed E-state index contributed by atoms with van der Waals surface area (Å²) in [6.45, 7) is 0.931. The van der Waals surface area contributed by atoms with Crippen LogP contribution in [0.15, 0.2) is 73.2 Å². The number of benzene rings is 2. The normalized spacial score (nSPS) is 13.1. The van der Waals surface area contributed by atoms with Crippen molar-refractivity contribution in [2.45, 2.75) is 0 Å². The van der Waals surface area contributed by atoms with E-state index in [1.165, 1.54) is 0 Å². The van der Waals surface area contributed by atoms with Crippen LogP contribution >= 0.6 is 0 Å². The number of cyclic esters (lactones) is 1. The molecule has 0 saturated carbocycles. The van der Waals surface area contributed by atoms with Crippen molar-refractivity contribution in [3.05, 3.63) is 84.3 Å². The molecule has 8 nitrogen and oxygen atoms in total. The molecule has 1 fully saturated rings. The molecule has 8 heteroatoms. The maximum absolute atomic E-state index is 11.9. The van der Waals surface area contributed by atoms with Gasteiger partial charge < -0.3 is 9.47 Å². The molecule has 1 saturated heterocycles. The van der Waals surface area contributed by atoms with Crippen LogP contribution in [0.3, 0.4) is 0 Å². The van der Waals surface area contributed by atoms with E-state index in [1.807, 2.05) is 59.2 Å². The smallest absolute Gasteiger partial charge is 0.414 e. The van der Waals surface area contributed by atoms with Crippen LogP contribution in [0.4, 0.5) is 10.5 Å². The fourth-order valence-electron chi connectivity index (χ4n) is 4.18. The van der Waals surface area contributed by atoms with Crippen LogP contribution in [-0.2, 0) is 4.74 Å². The Morgan fingerprint density at radius 2 is 1.80 bits per heavy atom. The molecule has 1 aliphatic rings. The number of pyridine rings is 2. The minimum Gasteiger partial charge on any atom is -0.468 e. The fourth-order valence-corrected chi connectivity index (χ4v) is 4.18. The Bertz CT molecular complexity index is 1630. The third-order valence-corrected chi connectivity index (χ3v) is 5.83. The molecule has 0 bridgehead atoms. The molecule has 0 unspecified atom stereocenters. The van der Waals surface area contributed by atoms with Crippen molar-refractivity contribution in [1.82, 2.24) is 19.5 Å². The van der Waals surface area contributed by atoms with Gasteiger partial charge in [-0.1, -0.05) is 11.8 Å². The van der Waals surface area contributed by atoms with E-state index < -0.39 is 0 Å². The summed E-state index contributed by atoms with van der Waals surface area (Å²) in [5.74, 6) is 6.36. The Kier molecular flexibility index (Phi) is 5.00. The number of amides is 1. The average molecular weight is 461 g/mol. The lowest BCUT2D eigenvalue weighted by Crippen LogP contribution is -2.23. The van der Waals surface area contributed by atoms with Crippen molar-refractivity contribution in [3.8, 4) is 23.5 Å². The standard InChI is InChI=1S/C27H19N5O3/c1-34-26-30-24-17-29-23-11-6-18(4-5-19-3-2-12-28-16-19)15-22(23)25(24)32(26)21-9-7-20(8-10-21)31-13-14-35-27(31)33/h2-3,6-12,15-17H,13-14H2,1H3. The van der Waals surface area contributed by atoms with Gasteiger partial charge >= 0.3 is 12.1 Å². The quantitative estimate of drug-likeness (QED) is 0.372. The molecule has 6 rings (SSSR count). The molecule has 0 N–H and O–H groups in total. The van der Waals surface area contributed by atoms with Crippen molar-refractivity contribution >= 4 is 33.7 Å². The predicted octanol–water partition coefficient (Wildman–Crippen LogP) is 4.33. The number of imidazole rings is 1. The first-order valence-corrected chi connectivity index (χ1v) is 11.0. The van der Waals surface area contributed by atoms with E-state index in [0.29, 0.717) is 24.7 Å². The van der Waals surface area contributed by atoms with E-state index in [-0.39, 0.29) is 6.09 Å². The van der Waals surface area contributed by atoms with E-state index in [2.05, 4.69) is 26.8 Å². The highest BCUT2D eigenvalue weighted by molar-refractivity contribution is 6.04. The Hall–Kier alpha value is -4.90. The molecular weight excluding hydrogens is 442 g/mol. The SMILES string of the molecule is COc1nc2cnc3ccc(C#Cc4cccnc4)cc3c2n1-c1ccc(N2CCOC2=O)cc1. The van der Waals surface area contributed by atoms with Gasteiger partial charge in [-0.25, -0.2) is 4.79 Å². The number of aromatic nitrogens is 4. The van der Waals surface area contributed by atoms with Crippen molar-refractivity contribution in [2.75, 3.05) is 25.2 Å². The minimum absolute atomic E-state index is 0.333. The zero-order chi connectivity index (χ0) is 23.8. The van der Waals surface area contributed by atoms with Crippen molar-refractivity contribution < 1.29 is 14.3 Å². The Balaban J connectivity index is 1.49. The zero-order valence-electron chi connectivity index (χ0n) is 18.8. The number of nitrogens with zero attached hydrogens (tertiary/aromatic N) is 5. The number of hydrogen-bond acceptors (Lipinski definition) is 6. The van der Waals surface area contributed by atoms with Gasteiger partial charge in [-0.15, -0.1) is 0 Å². The molecule has 0 radical (unpaired) electrons. The van der Waals surface area contributed by atoms with Gasteiger partial charge in [0.15, 0.2) is 0 Å². The van der Waals surface area contributed by atoms with Crippen LogP contribution in [0.2, 0.25) is 0 Å². The predicted molar refractivity (Wildman–Crippen MR) is 132 cm³/mol. The van der Waals surface area contributed by atoms with Gasteiger partial charge in [0.2, 0.25) is 0 Å². The number of carbonyl (C=O) groups is 1. The number of fused-ring (bicyclic) bond motifs is 3. The van der Waals surface area contributed by atoms with Crippen LogP contribution < -0.4 is 9.64 Å². The Morgan fingerprint density at radius 3 is 2.54 bits per heavy atom. The van der Waals surface area contributed by atoms with Gasteiger partial charge in [0.05, 0.1) is 36.6 Å². The molecule has 5 aromatic rings. The van der Waals surface area contributed by atoms with E-state index in [4.69, 9.17) is 9.47 Å². The van der Waals surface area contributed by atoms with E-state index >= 15 is 0 Å². The highest BCUT2D eigenvalue weighted by Gasteiger charge is 2.24. The molecule has 4 heterocycles. The summed E-state index contributed by atoms with van der Waals surface area (Å²) in [4.78, 5) is 26.9. The summed E-state index contributed by atoms with van der Waals surface area (Å²) in [6.07, 6.45) is 4.87. The summed E-state index contributed by atoms with van der Waals surface area (Å²) in [5.41, 5.74) is 5.72. The molecule has 0 spiro atoms. The fraction of sp³-hybridized carbons (Fsp3) is 0.111. The molecule has 2 aromatic carbocycles. The number of anilines is 1. The van der Waals surface area contributed by atoms with E-state index in [1.54, 1.807) is 30.6 Å². The van der Waals surface area contributed by atoms with Crippen LogP contribution in [0.1, 0.15) is 11.1 Å². The summed E-state index contributed by atoms with van der Waals surface area (Å²) >= 11 is 0. The van der Waals surface area contributed by atoms with Gasteiger partial charge in [-0.05, 0) is 54.6 Å². The summed E-state index contributed by atoms with van der Waals surface area (Å²) in [7, 11) is 1.59. The average Bonchev–Trinajstić information content (AvgIpc) is 3.51. The molecule has 1 amide bonds. The minimum atomic E-state index is -0.333. The topological polar surface area (TPSA) is 82.4 Å². The number of rotatable bonds is 3. The molecule has 0 aliphatic carbocycles. The van der Waals surface area contributed by atoms with Crippen LogP contribution in [0.25, 0.3) is 27.6 Å². The van der Waals surface area contributed by atoms with Gasteiger partial charge in [-0.2, -0.15) is 4.98 Å². The first-order valence-electron chi connectivity index (χ1n) is 11.0. The van der Waals surface area contributed by atoms with Gasteiger partial charge in [-0.3, -0.25) is 19.4 Å². The van der Waals surface area contributed by atoms with Crippen molar-refractivity contribution in [1.29, 1.82) is 0 Å². The highest BCUT2D eigenvalue weighted by atomic mass is 16.6. The third-order valence-electron chi connectivity index (χ3n) is 5.83. The lowest BCUT2D eigenvalue weighted by molar-refractivity contribution is 0.181. The first-order chi connectivity index (χ1) is 17.2. The molecule has 1 aliphatic heterocycles. The summed E-state index contributed by atoms with van der Waals surface area (Å²) < 4.78 is 12.6. The number of ether oxygens (including phenoxy) is 2. The first kappa shape index (κ1) is 20.7. The van der Waals surface area contributed by atoms with Crippen molar-refractivity contribution in [2.24, 2.45) is 0 Å². The second-order valence-electron chi connectivity index (χ2n) is 7.93. The van der Waals surface area contributed by atoms with Gasteiger partial charge in [0.25, 0.3) is 0 Å². The lowest BCUT2D eigenvalue weighted by Gasteiger charge is -2.14. The number of hydrogen-bond donors (Lipinski definition) is 0. The van der Waals surface area contributed by atoms with Gasteiger partial charge in [0.1, 0.15) is 12.1 Å². The number of methoxy groups -OCH3 is 1. The van der Waals surface area contributed by atoms with Crippen molar-refractivity contribution in [3.63, 3.8) is 0 Å². The second kappa shape index (κ2) is 8.47. The van der Waals surface area contributed by atoms with E-state index in [9.17, 15) is 4.79 Å². The molecule has 170 valence electrons. The third kappa shape index (κ3) is 3.69. The maximum atomic E-state index is 11.9. The summed E-state index contributed by atoms with van der Waals surface area (Å²) in [6, 6.07) is 17.8. The monoisotopic (exact) mass is 461 g/mol. The maximum Gasteiger partial charge on any atom is 0.414 e. The van der Waals surface area contributed by atoms with Crippen LogP contribution in [-0.4, -0.2) is 45.9 Å². The molecular formula is C27H19N5O3. The zero-order valence-corrected chi connectivity index (χ0v) is 18.8. The molecule has 0 atom stereocenters. The molecule has 35 heavy (non-hydrogen) atoms. The van der Waals surface area contributed by atoms with E-state index in [0.717, 1.165) is 38.9 Å². The van der Waals surface area contributed by atoms with Crippen LogP contribution in [0, 0.1) is 11.8 Å². The Labute approximate surface area is 200 Å². The Morgan fingerprint density at radius 1 is 0.971 bits per heavy atom. The summed E-state index contributed by atoms with van der Waals surface area (Å²) in [5, 5.41) is 0.906. The number of carbonyl (C=O) groups excluding carboxylic acids is 1. The largest absolute Gasteiger partial charge is 0.468 e. The van der Waals surface area contributed by atoms with Crippen LogP contribution in [0.5, 0.6) is 6.01 Å². The lowest BCUT2D eigenvalue weighted by atomic mass is 10.1. The highest BCUT2D eigenvalue weighted by Crippen LogP contribution is 2.32. The molecule has 3 aromatic heterocycles.